The molecule has 0 saturated heterocycles. The highest BCUT2D eigenvalue weighted by Crippen LogP contribution is 2.26. The van der Waals surface area contributed by atoms with E-state index in [0.717, 1.165) is 4.57 Å². The van der Waals surface area contributed by atoms with Crippen molar-refractivity contribution in [2.75, 3.05) is 13.7 Å². The van der Waals surface area contributed by atoms with Crippen LogP contribution in [-0.4, -0.2) is 37.5 Å². The van der Waals surface area contributed by atoms with Gasteiger partial charge >= 0.3 is 11.7 Å². The number of hydrogen-bond donors (Lipinski definition) is 1. The van der Waals surface area contributed by atoms with Crippen LogP contribution in [0.4, 0.5) is 4.39 Å². The smallest absolute Gasteiger partial charge is 0.332 e. The molecule has 4 aromatic rings. The minimum absolute atomic E-state index is 0.0638. The fraction of sp³-hybridized carbons (Fsp3) is 0.261. The Hall–Kier alpha value is -3.92. The molecule has 2 aromatic carbocycles. The number of hydrogen-bond acceptors (Lipinski definition) is 6. The van der Waals surface area contributed by atoms with E-state index in [2.05, 4.69) is 4.98 Å². The van der Waals surface area contributed by atoms with E-state index in [1.807, 2.05) is 0 Å². The number of methoxy groups -OCH3 is 1. The van der Waals surface area contributed by atoms with Gasteiger partial charge in [-0.15, -0.1) is 0 Å². The van der Waals surface area contributed by atoms with Gasteiger partial charge in [0.05, 0.1) is 13.7 Å². The maximum Gasteiger partial charge on any atom is 0.332 e. The summed E-state index contributed by atoms with van der Waals surface area (Å²) < 4.78 is 28.5. The number of ether oxygens (including phenoxy) is 2. The van der Waals surface area contributed by atoms with Gasteiger partial charge in [-0.2, -0.15) is 4.98 Å². The molecule has 0 aliphatic carbocycles. The van der Waals surface area contributed by atoms with E-state index < -0.39 is 11.2 Å². The lowest BCUT2D eigenvalue weighted by molar-refractivity contribution is 0.277. The fourth-order valence-corrected chi connectivity index (χ4v) is 3.52. The summed E-state index contributed by atoms with van der Waals surface area (Å²) >= 11 is 0. The van der Waals surface area contributed by atoms with Crippen LogP contribution >= 0.6 is 0 Å². The van der Waals surface area contributed by atoms with Crippen molar-refractivity contribution in [1.82, 2.24) is 18.7 Å². The Labute approximate surface area is 187 Å². The third kappa shape index (κ3) is 4.37. The molecular formula is C23H23FN4O5. The molecule has 9 nitrogen and oxygen atoms in total. The average molecular weight is 454 g/mol. The van der Waals surface area contributed by atoms with E-state index in [1.54, 1.807) is 48.1 Å². The van der Waals surface area contributed by atoms with Crippen LogP contribution < -0.4 is 20.7 Å². The Balaban J connectivity index is 1.90. The molecule has 2 heterocycles. The maximum absolute atomic E-state index is 13.4. The van der Waals surface area contributed by atoms with Gasteiger partial charge in [0, 0.05) is 20.2 Å². The van der Waals surface area contributed by atoms with Gasteiger partial charge in [-0.05, 0) is 48.4 Å². The van der Waals surface area contributed by atoms with Crippen LogP contribution in [0.5, 0.6) is 17.5 Å². The van der Waals surface area contributed by atoms with E-state index in [-0.39, 0.29) is 49.1 Å². The van der Waals surface area contributed by atoms with Crippen LogP contribution in [0.3, 0.4) is 0 Å². The molecule has 0 unspecified atom stereocenters. The van der Waals surface area contributed by atoms with Crippen molar-refractivity contribution in [3.63, 3.8) is 0 Å². The first-order valence-electron chi connectivity index (χ1n) is 10.3. The summed E-state index contributed by atoms with van der Waals surface area (Å²) in [5.41, 5.74) is -0.0340. The molecule has 0 bridgehead atoms. The minimum Gasteiger partial charge on any atom is -0.497 e. The second-order valence-electron chi connectivity index (χ2n) is 7.43. The molecule has 2 aromatic heterocycles. The van der Waals surface area contributed by atoms with Crippen molar-refractivity contribution in [2.24, 2.45) is 7.05 Å². The van der Waals surface area contributed by atoms with E-state index in [0.29, 0.717) is 17.1 Å². The van der Waals surface area contributed by atoms with Crippen LogP contribution in [-0.2, 0) is 20.1 Å². The number of rotatable bonds is 8. The Morgan fingerprint density at radius 3 is 2.30 bits per heavy atom. The second kappa shape index (κ2) is 9.29. The number of nitrogens with zero attached hydrogens (tertiary/aromatic N) is 4. The van der Waals surface area contributed by atoms with Crippen molar-refractivity contribution >= 4 is 11.2 Å². The summed E-state index contributed by atoms with van der Waals surface area (Å²) in [6.07, 6.45) is 0.252. The average Bonchev–Trinajstić information content (AvgIpc) is 3.17. The quantitative estimate of drug-likeness (QED) is 0.438. The molecule has 1 N–H and O–H groups in total. The zero-order valence-electron chi connectivity index (χ0n) is 18.2. The van der Waals surface area contributed by atoms with E-state index in [4.69, 9.17) is 14.6 Å². The Bertz CT molecular complexity index is 1390. The first kappa shape index (κ1) is 22.3. The number of fused-ring (bicyclic) bond motifs is 1. The molecule has 0 atom stereocenters. The number of aliphatic hydroxyl groups excluding tert-OH is 1. The Morgan fingerprint density at radius 1 is 1.00 bits per heavy atom. The molecule has 0 aliphatic rings. The van der Waals surface area contributed by atoms with Gasteiger partial charge in [-0.1, -0.05) is 12.1 Å². The highest BCUT2D eigenvalue weighted by molar-refractivity contribution is 5.72. The second-order valence-corrected chi connectivity index (χ2v) is 7.43. The lowest BCUT2D eigenvalue weighted by Crippen LogP contribution is -2.39. The summed E-state index contributed by atoms with van der Waals surface area (Å²) in [5.74, 6) is 0.728. The van der Waals surface area contributed by atoms with Crippen LogP contribution in [0.1, 0.15) is 12.0 Å². The van der Waals surface area contributed by atoms with Crippen molar-refractivity contribution in [1.29, 1.82) is 0 Å². The third-order valence-electron chi connectivity index (χ3n) is 5.26. The van der Waals surface area contributed by atoms with Crippen molar-refractivity contribution < 1.29 is 19.0 Å². The first-order chi connectivity index (χ1) is 15.9. The molecule has 0 radical (unpaired) electrons. The van der Waals surface area contributed by atoms with Gasteiger partial charge in [0.2, 0.25) is 0 Å². The number of aliphatic hydroxyl groups is 1. The summed E-state index contributed by atoms with van der Waals surface area (Å²) in [6.45, 7) is 0.0678. The lowest BCUT2D eigenvalue weighted by atomic mass is 10.2. The van der Waals surface area contributed by atoms with Crippen molar-refractivity contribution in [3.8, 4) is 17.5 Å². The first-order valence-corrected chi connectivity index (χ1v) is 10.3. The standard InChI is InChI=1S/C23H23FN4O5/c1-26-20-19(21(30)27(23(26)31)12-3-13-29)28(14-15-4-6-16(24)7-5-15)22(25-20)33-18-10-8-17(32-2)9-11-18/h4-11,29H,3,12-14H2,1-2H3. The largest absolute Gasteiger partial charge is 0.497 e. The van der Waals surface area contributed by atoms with Crippen molar-refractivity contribution in [3.05, 3.63) is 80.7 Å². The Morgan fingerprint density at radius 2 is 1.67 bits per heavy atom. The summed E-state index contributed by atoms with van der Waals surface area (Å²) in [6, 6.07) is 12.8. The highest BCUT2D eigenvalue weighted by Gasteiger charge is 2.22. The SMILES string of the molecule is COc1ccc(Oc2nc3c(c(=O)n(CCCO)c(=O)n3C)n2Cc2ccc(F)cc2)cc1. The molecule has 172 valence electrons. The normalized spacial score (nSPS) is 11.2. The summed E-state index contributed by atoms with van der Waals surface area (Å²) in [4.78, 5) is 30.5. The molecule has 0 fully saturated rings. The van der Waals surface area contributed by atoms with Crippen molar-refractivity contribution in [2.45, 2.75) is 19.5 Å². The van der Waals surface area contributed by atoms with Crippen LogP contribution in [0.15, 0.2) is 58.1 Å². The molecule has 10 heteroatoms. The van der Waals surface area contributed by atoms with Gasteiger partial charge in [-0.25, -0.2) is 9.18 Å². The molecule has 0 saturated carbocycles. The molecule has 0 amide bonds. The Kier molecular flexibility index (Phi) is 6.27. The monoisotopic (exact) mass is 454 g/mol. The number of imidazole rings is 1. The van der Waals surface area contributed by atoms with Crippen LogP contribution in [0, 0.1) is 5.82 Å². The van der Waals surface area contributed by atoms with Gasteiger partial charge in [0.1, 0.15) is 17.3 Å². The maximum atomic E-state index is 13.4. The topological polar surface area (TPSA) is 101 Å². The zero-order chi connectivity index (χ0) is 23.5. The summed E-state index contributed by atoms with van der Waals surface area (Å²) in [5, 5.41) is 9.17. The number of halogens is 1. The van der Waals surface area contributed by atoms with Crippen LogP contribution in [0.25, 0.3) is 11.2 Å². The zero-order valence-corrected chi connectivity index (χ0v) is 18.2. The molecule has 0 aliphatic heterocycles. The van der Waals surface area contributed by atoms with Gasteiger partial charge in [-0.3, -0.25) is 18.5 Å². The predicted octanol–water partition coefficient (Wildman–Crippen LogP) is 2.27. The van der Waals surface area contributed by atoms with Gasteiger partial charge < -0.3 is 14.6 Å². The van der Waals surface area contributed by atoms with E-state index in [9.17, 15) is 14.0 Å². The summed E-state index contributed by atoms with van der Waals surface area (Å²) in [7, 11) is 3.08. The number of aryl methyl sites for hydroxylation is 1. The van der Waals surface area contributed by atoms with E-state index in [1.165, 1.54) is 23.7 Å². The minimum atomic E-state index is -0.541. The molecular weight excluding hydrogens is 431 g/mol. The van der Waals surface area contributed by atoms with Crippen LogP contribution in [0.2, 0.25) is 0 Å². The lowest BCUT2D eigenvalue weighted by Gasteiger charge is -2.11. The molecule has 33 heavy (non-hydrogen) atoms. The third-order valence-corrected chi connectivity index (χ3v) is 5.26. The number of aromatic nitrogens is 4. The molecule has 0 spiro atoms. The van der Waals surface area contributed by atoms with E-state index >= 15 is 0 Å². The van der Waals surface area contributed by atoms with Gasteiger partial charge in [0.25, 0.3) is 5.56 Å². The number of benzene rings is 2. The highest BCUT2D eigenvalue weighted by atomic mass is 19.1. The van der Waals surface area contributed by atoms with Gasteiger partial charge in [0.15, 0.2) is 11.2 Å². The molecule has 4 rings (SSSR count). The fourth-order valence-electron chi connectivity index (χ4n) is 3.52. The predicted molar refractivity (Wildman–Crippen MR) is 120 cm³/mol.